The van der Waals surface area contributed by atoms with Crippen molar-refractivity contribution < 1.29 is 23.1 Å². The van der Waals surface area contributed by atoms with Gasteiger partial charge in [0.1, 0.15) is 5.82 Å². The second-order valence-corrected chi connectivity index (χ2v) is 5.61. The Kier molecular flexibility index (Phi) is 4.92. The van der Waals surface area contributed by atoms with Gasteiger partial charge in [0.15, 0.2) is 18.2 Å². The van der Waals surface area contributed by atoms with Crippen LogP contribution >= 0.6 is 0 Å². The second kappa shape index (κ2) is 7.29. The number of nitrogens with zero attached hydrogens (tertiary/aromatic N) is 1. The lowest BCUT2D eigenvalue weighted by molar-refractivity contribution is -0.118. The summed E-state index contributed by atoms with van der Waals surface area (Å²) in [6.07, 6.45) is 1.39. The van der Waals surface area contributed by atoms with Crippen LogP contribution in [-0.2, 0) is 9.59 Å². The number of hydrogen-bond acceptors (Lipinski definition) is 3. The van der Waals surface area contributed by atoms with Crippen molar-refractivity contribution in [2.45, 2.75) is 12.8 Å². The van der Waals surface area contributed by atoms with Gasteiger partial charge in [-0.3, -0.25) is 9.59 Å². The van der Waals surface area contributed by atoms with E-state index in [2.05, 4.69) is 5.32 Å². The number of halogens is 2. The molecule has 25 heavy (non-hydrogen) atoms. The Bertz CT molecular complexity index is 793. The predicted molar refractivity (Wildman–Crippen MR) is 88.5 cm³/mol. The van der Waals surface area contributed by atoms with E-state index in [9.17, 15) is 18.4 Å². The Labute approximate surface area is 143 Å². The van der Waals surface area contributed by atoms with Crippen LogP contribution in [0.25, 0.3) is 0 Å². The number of carbonyl (C=O) groups is 2. The molecule has 2 amide bonds. The first-order chi connectivity index (χ1) is 12.0. The van der Waals surface area contributed by atoms with Gasteiger partial charge in [0.2, 0.25) is 5.91 Å². The van der Waals surface area contributed by atoms with Crippen LogP contribution in [0.2, 0.25) is 0 Å². The number of nitrogens with one attached hydrogen (secondary N) is 1. The van der Waals surface area contributed by atoms with Crippen molar-refractivity contribution in [2.75, 3.05) is 23.4 Å². The van der Waals surface area contributed by atoms with Crippen LogP contribution < -0.4 is 15.0 Å². The molecule has 0 radical (unpaired) electrons. The van der Waals surface area contributed by atoms with Crippen LogP contribution in [0.15, 0.2) is 42.5 Å². The van der Waals surface area contributed by atoms with Crippen LogP contribution in [0.5, 0.6) is 5.75 Å². The highest BCUT2D eigenvalue weighted by molar-refractivity contribution is 5.96. The Morgan fingerprint density at radius 1 is 1.16 bits per heavy atom. The quantitative estimate of drug-likeness (QED) is 0.905. The van der Waals surface area contributed by atoms with Gasteiger partial charge in [0.25, 0.3) is 5.91 Å². The fourth-order valence-electron chi connectivity index (χ4n) is 2.58. The van der Waals surface area contributed by atoms with E-state index >= 15 is 0 Å². The molecule has 130 valence electrons. The van der Waals surface area contributed by atoms with E-state index in [0.717, 1.165) is 24.2 Å². The Hall–Kier alpha value is -2.96. The molecular weight excluding hydrogens is 330 g/mol. The van der Waals surface area contributed by atoms with Gasteiger partial charge in [-0.2, -0.15) is 0 Å². The average molecular weight is 346 g/mol. The minimum Gasteiger partial charge on any atom is -0.481 e. The Balaban J connectivity index is 1.55. The summed E-state index contributed by atoms with van der Waals surface area (Å²) in [6, 6.07) is 9.72. The third-order valence-electron chi connectivity index (χ3n) is 3.79. The van der Waals surface area contributed by atoms with Gasteiger partial charge in [0, 0.05) is 30.4 Å². The molecule has 0 atom stereocenters. The number of rotatable bonds is 5. The Morgan fingerprint density at radius 3 is 2.56 bits per heavy atom. The average Bonchev–Trinajstić information content (AvgIpc) is 3.01. The van der Waals surface area contributed by atoms with Crippen molar-refractivity contribution >= 4 is 23.2 Å². The number of amides is 2. The highest BCUT2D eigenvalue weighted by Gasteiger charge is 2.21. The van der Waals surface area contributed by atoms with E-state index in [1.165, 1.54) is 0 Å². The van der Waals surface area contributed by atoms with Crippen molar-refractivity contribution in [3.8, 4) is 5.75 Å². The lowest BCUT2D eigenvalue weighted by Crippen LogP contribution is -2.23. The first-order valence-electron chi connectivity index (χ1n) is 7.81. The fraction of sp³-hybridized carbons (Fsp3) is 0.222. The molecular formula is C18H16F2N2O3. The standard InChI is InChI=1S/C18H16F2N2O3/c19-12-3-8-16(15(20)10-12)25-11-17(23)21-13-4-6-14(7-5-13)22-9-1-2-18(22)24/h3-8,10H,1-2,9,11H2,(H,21,23). The van der Waals surface area contributed by atoms with E-state index in [-0.39, 0.29) is 11.7 Å². The maximum Gasteiger partial charge on any atom is 0.262 e. The highest BCUT2D eigenvalue weighted by atomic mass is 19.1. The molecule has 1 aliphatic rings. The maximum atomic E-state index is 13.4. The summed E-state index contributed by atoms with van der Waals surface area (Å²) >= 11 is 0. The summed E-state index contributed by atoms with van der Waals surface area (Å²) in [7, 11) is 0. The van der Waals surface area contributed by atoms with Gasteiger partial charge in [-0.1, -0.05) is 0 Å². The zero-order valence-corrected chi connectivity index (χ0v) is 13.3. The first-order valence-corrected chi connectivity index (χ1v) is 7.81. The van der Waals surface area contributed by atoms with Gasteiger partial charge >= 0.3 is 0 Å². The molecule has 0 spiro atoms. The van der Waals surface area contributed by atoms with E-state index in [0.29, 0.717) is 24.7 Å². The largest absolute Gasteiger partial charge is 0.481 e. The Morgan fingerprint density at radius 2 is 1.92 bits per heavy atom. The van der Waals surface area contributed by atoms with Crippen LogP contribution in [0, 0.1) is 11.6 Å². The summed E-state index contributed by atoms with van der Waals surface area (Å²) in [5.41, 5.74) is 1.31. The van der Waals surface area contributed by atoms with Crippen LogP contribution in [0.1, 0.15) is 12.8 Å². The van der Waals surface area contributed by atoms with Gasteiger partial charge in [-0.25, -0.2) is 8.78 Å². The smallest absolute Gasteiger partial charge is 0.262 e. The molecule has 1 heterocycles. The normalized spacial score (nSPS) is 13.8. The summed E-state index contributed by atoms with van der Waals surface area (Å²) in [4.78, 5) is 25.3. The monoisotopic (exact) mass is 346 g/mol. The molecule has 5 nitrogen and oxygen atoms in total. The number of carbonyl (C=O) groups excluding carboxylic acids is 2. The number of hydrogen-bond donors (Lipinski definition) is 1. The van der Waals surface area contributed by atoms with Crippen LogP contribution in [0.4, 0.5) is 20.2 Å². The van der Waals surface area contributed by atoms with Crippen LogP contribution in [0.3, 0.4) is 0 Å². The SMILES string of the molecule is O=C(COc1ccc(F)cc1F)Nc1ccc(N2CCCC2=O)cc1. The number of anilines is 2. The molecule has 0 aliphatic carbocycles. The van der Waals surface area contributed by atoms with Gasteiger partial charge in [-0.05, 0) is 42.8 Å². The van der Waals surface area contributed by atoms with Gasteiger partial charge in [-0.15, -0.1) is 0 Å². The van der Waals surface area contributed by atoms with Crippen LogP contribution in [-0.4, -0.2) is 25.0 Å². The third kappa shape index (κ3) is 4.12. The summed E-state index contributed by atoms with van der Waals surface area (Å²) in [5, 5.41) is 2.61. The van der Waals surface area contributed by atoms with Crippen molar-refractivity contribution in [3.05, 3.63) is 54.1 Å². The molecule has 1 N–H and O–H groups in total. The minimum absolute atomic E-state index is 0.0894. The number of benzene rings is 2. The van der Waals surface area contributed by atoms with Crippen molar-refractivity contribution in [2.24, 2.45) is 0 Å². The summed E-state index contributed by atoms with van der Waals surface area (Å²) in [5.74, 6) is -2.17. The topological polar surface area (TPSA) is 58.6 Å². The summed E-state index contributed by atoms with van der Waals surface area (Å²) < 4.78 is 31.3. The molecule has 1 fully saturated rings. The minimum atomic E-state index is -0.868. The zero-order valence-electron chi connectivity index (χ0n) is 13.3. The van der Waals surface area contributed by atoms with Crippen molar-refractivity contribution in [1.82, 2.24) is 0 Å². The highest BCUT2D eigenvalue weighted by Crippen LogP contribution is 2.23. The third-order valence-corrected chi connectivity index (χ3v) is 3.79. The second-order valence-electron chi connectivity index (χ2n) is 5.61. The van der Waals surface area contributed by atoms with Crippen molar-refractivity contribution in [1.29, 1.82) is 0 Å². The van der Waals surface area contributed by atoms with Gasteiger partial charge < -0.3 is 15.0 Å². The lowest BCUT2D eigenvalue weighted by Gasteiger charge is -2.16. The molecule has 7 heteroatoms. The molecule has 0 aromatic heterocycles. The van der Waals surface area contributed by atoms with E-state index < -0.39 is 24.1 Å². The number of ether oxygens (including phenoxy) is 1. The van der Waals surface area contributed by atoms with E-state index in [4.69, 9.17) is 4.74 Å². The lowest BCUT2D eigenvalue weighted by atomic mass is 10.2. The molecule has 2 aromatic rings. The summed E-state index contributed by atoms with van der Waals surface area (Å²) in [6.45, 7) is 0.288. The van der Waals surface area contributed by atoms with Gasteiger partial charge in [0.05, 0.1) is 0 Å². The van der Waals surface area contributed by atoms with Crippen molar-refractivity contribution in [3.63, 3.8) is 0 Å². The fourth-order valence-corrected chi connectivity index (χ4v) is 2.58. The predicted octanol–water partition coefficient (Wildman–Crippen LogP) is 3.11. The first kappa shape index (κ1) is 16.9. The molecule has 0 saturated carbocycles. The molecule has 2 aromatic carbocycles. The van der Waals surface area contributed by atoms with E-state index in [1.54, 1.807) is 29.2 Å². The molecule has 0 unspecified atom stereocenters. The zero-order chi connectivity index (χ0) is 17.8. The maximum absolute atomic E-state index is 13.4. The molecule has 3 rings (SSSR count). The van der Waals surface area contributed by atoms with E-state index in [1.807, 2.05) is 0 Å². The molecule has 1 aliphatic heterocycles. The molecule has 1 saturated heterocycles. The molecule has 0 bridgehead atoms.